The Kier molecular flexibility index (Phi) is 6.42. The van der Waals surface area contributed by atoms with Crippen molar-refractivity contribution >= 4 is 27.6 Å². The Morgan fingerprint density at radius 1 is 1.20 bits per heavy atom. The fourth-order valence-corrected chi connectivity index (χ4v) is 4.13. The number of aromatic nitrogens is 2. The molecule has 11 heteroatoms. The summed E-state index contributed by atoms with van der Waals surface area (Å²) in [4.78, 5) is 26.6. The molecule has 1 aliphatic rings. The third-order valence-electron chi connectivity index (χ3n) is 4.95. The van der Waals surface area contributed by atoms with Crippen molar-refractivity contribution in [1.29, 1.82) is 0 Å². The van der Waals surface area contributed by atoms with Crippen LogP contribution in [0.3, 0.4) is 0 Å². The average Bonchev–Trinajstić information content (AvgIpc) is 3.15. The molecule has 1 saturated heterocycles. The number of carbonyl (C=O) groups excluding carboxylic acids is 2. The molecule has 0 unspecified atom stereocenters. The first-order valence-corrected chi connectivity index (χ1v) is 11.0. The summed E-state index contributed by atoms with van der Waals surface area (Å²) in [7, 11) is 1.08. The minimum Gasteiger partial charge on any atom is -0.349 e. The number of amides is 3. The van der Waals surface area contributed by atoms with Crippen LogP contribution in [0.1, 0.15) is 23.2 Å². The van der Waals surface area contributed by atoms with Gasteiger partial charge < -0.3 is 15.5 Å². The number of piperidine rings is 1. The van der Waals surface area contributed by atoms with E-state index in [-0.39, 0.29) is 22.9 Å². The van der Waals surface area contributed by atoms with Crippen LogP contribution < -0.4 is 10.6 Å². The van der Waals surface area contributed by atoms with Crippen LogP contribution in [0.15, 0.2) is 41.6 Å². The van der Waals surface area contributed by atoms with Crippen molar-refractivity contribution < 1.29 is 18.0 Å². The second kappa shape index (κ2) is 8.84. The lowest BCUT2D eigenvalue weighted by Crippen LogP contribution is -2.47. The molecule has 1 fully saturated rings. The molecule has 0 bridgehead atoms. The topological polar surface area (TPSA) is 117 Å². The zero-order valence-electron chi connectivity index (χ0n) is 17.2. The Labute approximate surface area is 175 Å². The van der Waals surface area contributed by atoms with Gasteiger partial charge in [-0.3, -0.25) is 9.48 Å². The number of rotatable bonds is 5. The minimum atomic E-state index is -3.58. The molecule has 0 spiro atoms. The summed E-state index contributed by atoms with van der Waals surface area (Å²) in [6.07, 6.45) is 4.44. The van der Waals surface area contributed by atoms with E-state index in [1.54, 1.807) is 35.0 Å². The van der Waals surface area contributed by atoms with Crippen molar-refractivity contribution in [2.24, 2.45) is 7.05 Å². The zero-order valence-corrected chi connectivity index (χ0v) is 18.0. The highest BCUT2D eigenvalue weighted by Gasteiger charge is 2.25. The first-order chi connectivity index (χ1) is 14.2. The monoisotopic (exact) mass is 434 g/mol. The van der Waals surface area contributed by atoms with Crippen LogP contribution >= 0.6 is 0 Å². The summed E-state index contributed by atoms with van der Waals surface area (Å²) in [5.74, 6) is -0.176. The number of nitrogens with one attached hydrogen (secondary N) is 2. The van der Waals surface area contributed by atoms with Gasteiger partial charge in [0.2, 0.25) is 10.0 Å². The van der Waals surface area contributed by atoms with E-state index in [9.17, 15) is 18.0 Å². The maximum Gasteiger partial charge on any atom is 0.321 e. The summed E-state index contributed by atoms with van der Waals surface area (Å²) < 4.78 is 27.2. The molecule has 0 atom stereocenters. The molecule has 3 rings (SSSR count). The van der Waals surface area contributed by atoms with Crippen LogP contribution in [0.2, 0.25) is 0 Å². The standard InChI is InChI=1S/C19H26N6O4S/c1-23(2)30(28,29)17-6-4-5-16(11-17)22-19(27)25-9-7-15(8-10-25)21-18(26)14-12-20-24(3)13-14/h4-6,11-13,15H,7-10H2,1-3H3,(H,21,26)(H,22,27). The van der Waals surface area contributed by atoms with Crippen molar-refractivity contribution in [3.63, 3.8) is 0 Å². The van der Waals surface area contributed by atoms with Crippen molar-refractivity contribution in [3.05, 3.63) is 42.2 Å². The molecule has 2 N–H and O–H groups in total. The van der Waals surface area contributed by atoms with Crippen molar-refractivity contribution in [3.8, 4) is 0 Å². The molecular weight excluding hydrogens is 408 g/mol. The van der Waals surface area contributed by atoms with Crippen LogP contribution in [0.5, 0.6) is 0 Å². The van der Waals surface area contributed by atoms with E-state index in [1.165, 1.54) is 32.4 Å². The number of carbonyl (C=O) groups is 2. The smallest absolute Gasteiger partial charge is 0.321 e. The van der Waals surface area contributed by atoms with Crippen LogP contribution in [-0.4, -0.2) is 72.6 Å². The Balaban J connectivity index is 1.54. The van der Waals surface area contributed by atoms with Gasteiger partial charge in [0, 0.05) is 52.2 Å². The quantitative estimate of drug-likeness (QED) is 0.731. The highest BCUT2D eigenvalue weighted by molar-refractivity contribution is 7.89. The fourth-order valence-electron chi connectivity index (χ4n) is 3.18. The van der Waals surface area contributed by atoms with Gasteiger partial charge in [0.25, 0.3) is 5.91 Å². The van der Waals surface area contributed by atoms with Crippen LogP contribution in [-0.2, 0) is 17.1 Å². The summed E-state index contributed by atoms with van der Waals surface area (Å²) in [5, 5.41) is 9.71. The molecule has 1 aromatic carbocycles. The molecule has 10 nitrogen and oxygen atoms in total. The Hall–Kier alpha value is -2.92. The fraction of sp³-hybridized carbons (Fsp3) is 0.421. The van der Waals surface area contributed by atoms with Crippen LogP contribution in [0, 0.1) is 0 Å². The summed E-state index contributed by atoms with van der Waals surface area (Å²) >= 11 is 0. The predicted octanol–water partition coefficient (Wildman–Crippen LogP) is 1.10. The van der Waals surface area contributed by atoms with Gasteiger partial charge in [0.05, 0.1) is 16.7 Å². The van der Waals surface area contributed by atoms with Gasteiger partial charge in [-0.05, 0) is 31.0 Å². The Bertz CT molecular complexity index is 1030. The zero-order chi connectivity index (χ0) is 21.9. The number of anilines is 1. The van der Waals surface area contributed by atoms with E-state index in [0.717, 1.165) is 4.31 Å². The van der Waals surface area contributed by atoms with Crippen LogP contribution in [0.4, 0.5) is 10.5 Å². The first-order valence-electron chi connectivity index (χ1n) is 9.55. The highest BCUT2D eigenvalue weighted by atomic mass is 32.2. The number of benzene rings is 1. The number of likely N-dealkylation sites (tertiary alicyclic amines) is 1. The molecular formula is C19H26N6O4S. The van der Waals surface area contributed by atoms with Crippen molar-refractivity contribution in [2.75, 3.05) is 32.5 Å². The molecule has 3 amide bonds. The van der Waals surface area contributed by atoms with Crippen molar-refractivity contribution in [1.82, 2.24) is 24.3 Å². The SMILES string of the molecule is CN(C)S(=O)(=O)c1cccc(NC(=O)N2CCC(NC(=O)c3cnn(C)c3)CC2)c1. The summed E-state index contributed by atoms with van der Waals surface area (Å²) in [6.45, 7) is 0.971. The van der Waals surface area contributed by atoms with Gasteiger partial charge in [-0.1, -0.05) is 6.07 Å². The number of nitrogens with zero attached hydrogens (tertiary/aromatic N) is 4. The Morgan fingerprint density at radius 2 is 1.90 bits per heavy atom. The largest absolute Gasteiger partial charge is 0.349 e. The van der Waals surface area contributed by atoms with Gasteiger partial charge in [-0.15, -0.1) is 0 Å². The maximum atomic E-state index is 12.6. The number of aryl methyl sites for hydroxylation is 1. The summed E-state index contributed by atoms with van der Waals surface area (Å²) in [6, 6.07) is 5.84. The van der Waals surface area contributed by atoms with Gasteiger partial charge in [-0.2, -0.15) is 5.10 Å². The number of urea groups is 1. The molecule has 0 aliphatic carbocycles. The lowest BCUT2D eigenvalue weighted by molar-refractivity contribution is 0.0919. The predicted molar refractivity (Wildman–Crippen MR) is 112 cm³/mol. The van der Waals surface area contributed by atoms with Gasteiger partial charge in [0.1, 0.15) is 0 Å². The van der Waals surface area contributed by atoms with Gasteiger partial charge in [-0.25, -0.2) is 17.5 Å². The number of hydrogen-bond donors (Lipinski definition) is 2. The third kappa shape index (κ3) is 4.97. The molecule has 2 heterocycles. The van der Waals surface area contributed by atoms with Gasteiger partial charge >= 0.3 is 6.03 Å². The number of sulfonamides is 1. The van der Waals surface area contributed by atoms with Crippen LogP contribution in [0.25, 0.3) is 0 Å². The van der Waals surface area contributed by atoms with E-state index in [0.29, 0.717) is 37.2 Å². The van der Waals surface area contributed by atoms with E-state index in [1.807, 2.05) is 0 Å². The number of hydrogen-bond acceptors (Lipinski definition) is 5. The maximum absolute atomic E-state index is 12.6. The van der Waals surface area contributed by atoms with Gasteiger partial charge in [0.15, 0.2) is 0 Å². The summed E-state index contributed by atoms with van der Waals surface area (Å²) in [5.41, 5.74) is 0.917. The first kappa shape index (κ1) is 21.8. The van der Waals surface area contributed by atoms with E-state index < -0.39 is 10.0 Å². The van der Waals surface area contributed by atoms with E-state index >= 15 is 0 Å². The highest BCUT2D eigenvalue weighted by Crippen LogP contribution is 2.19. The van der Waals surface area contributed by atoms with Crippen molar-refractivity contribution in [2.45, 2.75) is 23.8 Å². The molecule has 2 aromatic rings. The second-order valence-electron chi connectivity index (χ2n) is 7.38. The normalized spacial score (nSPS) is 15.3. The van der Waals surface area contributed by atoms with E-state index in [4.69, 9.17) is 0 Å². The molecule has 162 valence electrons. The molecule has 1 aliphatic heterocycles. The average molecular weight is 435 g/mol. The van der Waals surface area contributed by atoms with E-state index in [2.05, 4.69) is 15.7 Å². The third-order valence-corrected chi connectivity index (χ3v) is 6.76. The lowest BCUT2D eigenvalue weighted by Gasteiger charge is -2.32. The molecule has 0 saturated carbocycles. The Morgan fingerprint density at radius 3 is 2.50 bits per heavy atom. The molecule has 0 radical (unpaired) electrons. The molecule has 30 heavy (non-hydrogen) atoms. The second-order valence-corrected chi connectivity index (χ2v) is 9.53. The lowest BCUT2D eigenvalue weighted by atomic mass is 10.0. The molecule has 1 aromatic heterocycles. The minimum absolute atomic E-state index is 0.0182.